The van der Waals surface area contributed by atoms with Crippen LogP contribution < -0.4 is 11.4 Å². The van der Waals surface area contributed by atoms with Crippen LogP contribution in [0.25, 0.3) is 21.6 Å². The molecule has 0 saturated carbocycles. The Morgan fingerprint density at radius 2 is 1.86 bits per heavy atom. The lowest BCUT2D eigenvalue weighted by Gasteiger charge is -2.26. The number of nitrogens with two attached hydrogens (primary N) is 1. The van der Waals surface area contributed by atoms with Crippen molar-refractivity contribution in [3.63, 3.8) is 0 Å². The summed E-state index contributed by atoms with van der Waals surface area (Å²) in [6, 6.07) is 17.7. The van der Waals surface area contributed by atoms with Gasteiger partial charge < -0.3 is 5.84 Å². The Labute approximate surface area is 177 Å². The fourth-order valence-corrected chi connectivity index (χ4v) is 5.39. The summed E-state index contributed by atoms with van der Waals surface area (Å²) < 4.78 is 1.13. The number of hydrogen-bond acceptors (Lipinski definition) is 5. The average molecular weight is 423 g/mol. The molecule has 0 atom stereocenters. The third kappa shape index (κ3) is 3.23. The first-order chi connectivity index (χ1) is 14.1. The molecule has 2 aromatic heterocycles. The van der Waals surface area contributed by atoms with Gasteiger partial charge in [-0.2, -0.15) is 0 Å². The van der Waals surface area contributed by atoms with Gasteiger partial charge in [-0.05, 0) is 29.7 Å². The van der Waals surface area contributed by atoms with Gasteiger partial charge in [0, 0.05) is 30.1 Å². The van der Waals surface area contributed by atoms with Crippen molar-refractivity contribution in [1.82, 2.24) is 14.6 Å². The Bertz CT molecular complexity index is 1270. The van der Waals surface area contributed by atoms with Gasteiger partial charge in [0.15, 0.2) is 5.82 Å². The summed E-state index contributed by atoms with van der Waals surface area (Å²) in [7, 11) is 0. The maximum absolute atomic E-state index is 13.1. The van der Waals surface area contributed by atoms with Crippen molar-refractivity contribution >= 4 is 33.2 Å². The zero-order chi connectivity index (χ0) is 20.0. The van der Waals surface area contributed by atoms with Gasteiger partial charge in [0.2, 0.25) is 0 Å². The highest BCUT2D eigenvalue weighted by Gasteiger charge is 2.25. The summed E-state index contributed by atoms with van der Waals surface area (Å²) in [6.45, 7) is 2.62. The van der Waals surface area contributed by atoms with Crippen molar-refractivity contribution in [2.45, 2.75) is 19.5 Å². The van der Waals surface area contributed by atoms with Crippen LogP contribution in [0, 0.1) is 0 Å². The highest BCUT2D eigenvalue weighted by Crippen LogP contribution is 2.34. The first kappa shape index (κ1) is 18.4. The minimum absolute atomic E-state index is 0.209. The van der Waals surface area contributed by atoms with Crippen molar-refractivity contribution in [3.8, 4) is 11.4 Å². The Morgan fingerprint density at radius 3 is 2.66 bits per heavy atom. The largest absolute Gasteiger partial charge is 0.334 e. The summed E-state index contributed by atoms with van der Waals surface area (Å²) in [4.78, 5) is 22.2. The molecule has 0 saturated heterocycles. The third-order valence-electron chi connectivity index (χ3n) is 5.35. The molecular formula is C22H19ClN4OS. The van der Waals surface area contributed by atoms with Crippen molar-refractivity contribution in [3.05, 3.63) is 86.0 Å². The molecule has 3 heterocycles. The molecule has 1 aliphatic heterocycles. The number of hydrogen-bond donors (Lipinski definition) is 1. The SMILES string of the molecule is Nn1c(-c2ccccc2Cl)nc2sc3c(c2c1=O)CCN(Cc1ccccc1)C3. The molecule has 2 N–H and O–H groups in total. The molecule has 0 unspecified atom stereocenters. The number of benzene rings is 2. The van der Waals surface area contributed by atoms with Crippen molar-refractivity contribution in [1.29, 1.82) is 0 Å². The van der Waals surface area contributed by atoms with Crippen LogP contribution in [-0.4, -0.2) is 21.1 Å². The summed E-state index contributed by atoms with van der Waals surface area (Å²) in [5.74, 6) is 6.54. The minimum atomic E-state index is -0.209. The van der Waals surface area contributed by atoms with Crippen LogP contribution in [0.3, 0.4) is 0 Å². The fourth-order valence-electron chi connectivity index (χ4n) is 3.92. The van der Waals surface area contributed by atoms with E-state index in [1.807, 2.05) is 24.3 Å². The van der Waals surface area contributed by atoms with E-state index in [1.165, 1.54) is 10.4 Å². The number of nitrogen functional groups attached to an aromatic ring is 1. The second kappa shape index (κ2) is 7.30. The summed E-state index contributed by atoms with van der Waals surface area (Å²) in [6.07, 6.45) is 0.824. The van der Waals surface area contributed by atoms with Crippen LogP contribution in [0.2, 0.25) is 5.02 Å². The van der Waals surface area contributed by atoms with Gasteiger partial charge in [0.25, 0.3) is 5.56 Å². The molecule has 1 aliphatic rings. The molecular weight excluding hydrogens is 404 g/mol. The molecule has 0 aliphatic carbocycles. The molecule has 29 heavy (non-hydrogen) atoms. The lowest BCUT2D eigenvalue weighted by Crippen LogP contribution is -2.32. The topological polar surface area (TPSA) is 64.2 Å². The summed E-state index contributed by atoms with van der Waals surface area (Å²) in [5.41, 5.74) is 2.84. The van der Waals surface area contributed by atoms with E-state index in [9.17, 15) is 4.79 Å². The summed E-state index contributed by atoms with van der Waals surface area (Å²) in [5, 5.41) is 1.18. The van der Waals surface area contributed by atoms with E-state index >= 15 is 0 Å². The molecule has 146 valence electrons. The maximum Gasteiger partial charge on any atom is 0.281 e. The fraction of sp³-hybridized carbons (Fsp3) is 0.182. The molecule has 0 radical (unpaired) electrons. The number of thiophene rings is 1. The Kier molecular flexibility index (Phi) is 4.62. The molecule has 5 rings (SSSR count). The number of fused-ring (bicyclic) bond motifs is 3. The van der Waals surface area contributed by atoms with Crippen molar-refractivity contribution in [2.24, 2.45) is 0 Å². The maximum atomic E-state index is 13.1. The van der Waals surface area contributed by atoms with Gasteiger partial charge in [0.1, 0.15) is 4.83 Å². The molecule has 2 aromatic carbocycles. The highest BCUT2D eigenvalue weighted by molar-refractivity contribution is 7.18. The predicted molar refractivity (Wildman–Crippen MR) is 119 cm³/mol. The number of halogens is 1. The number of nitrogens with zero attached hydrogens (tertiary/aromatic N) is 3. The minimum Gasteiger partial charge on any atom is -0.334 e. The molecule has 0 amide bonds. The van der Waals surface area contributed by atoms with Gasteiger partial charge in [-0.15, -0.1) is 11.3 Å². The molecule has 7 heteroatoms. The Balaban J connectivity index is 1.56. The van der Waals surface area contributed by atoms with Crippen LogP contribution in [0.5, 0.6) is 0 Å². The van der Waals surface area contributed by atoms with Gasteiger partial charge in [-0.25, -0.2) is 9.66 Å². The van der Waals surface area contributed by atoms with Gasteiger partial charge in [0.05, 0.1) is 10.4 Å². The zero-order valence-corrected chi connectivity index (χ0v) is 17.2. The van der Waals surface area contributed by atoms with E-state index in [4.69, 9.17) is 22.4 Å². The Morgan fingerprint density at radius 1 is 1.10 bits per heavy atom. The average Bonchev–Trinajstić information content (AvgIpc) is 3.10. The number of rotatable bonds is 3. The normalized spacial score (nSPS) is 14.2. The predicted octanol–water partition coefficient (Wildman–Crippen LogP) is 4.05. The molecule has 0 fully saturated rings. The van der Waals surface area contributed by atoms with Crippen LogP contribution in [0.1, 0.15) is 16.0 Å². The zero-order valence-electron chi connectivity index (χ0n) is 15.6. The first-order valence-corrected chi connectivity index (χ1v) is 10.6. The second-order valence-corrected chi connectivity index (χ2v) is 8.71. The molecule has 0 spiro atoms. The van der Waals surface area contributed by atoms with Crippen molar-refractivity contribution in [2.75, 3.05) is 12.4 Å². The van der Waals surface area contributed by atoms with E-state index in [1.54, 1.807) is 17.4 Å². The smallest absolute Gasteiger partial charge is 0.281 e. The highest BCUT2D eigenvalue weighted by atomic mass is 35.5. The number of aromatic nitrogens is 2. The molecule has 0 bridgehead atoms. The Hall–Kier alpha value is -2.67. The van der Waals surface area contributed by atoms with E-state index in [0.29, 0.717) is 21.8 Å². The lowest BCUT2D eigenvalue weighted by atomic mass is 10.0. The first-order valence-electron chi connectivity index (χ1n) is 9.45. The summed E-state index contributed by atoms with van der Waals surface area (Å²) >= 11 is 7.90. The molecule has 4 aromatic rings. The van der Waals surface area contributed by atoms with Gasteiger partial charge in [-0.1, -0.05) is 54.1 Å². The standard InChI is InChI=1S/C22H19ClN4OS/c23-17-9-5-4-8-15(17)20-25-21-19(22(28)27(20)24)16-10-11-26(13-18(16)29-21)12-14-6-2-1-3-7-14/h1-9H,10-13,24H2. The van der Waals surface area contributed by atoms with E-state index < -0.39 is 0 Å². The van der Waals surface area contributed by atoms with Gasteiger partial charge >= 0.3 is 0 Å². The van der Waals surface area contributed by atoms with Crippen LogP contribution in [-0.2, 0) is 19.5 Å². The lowest BCUT2D eigenvalue weighted by molar-refractivity contribution is 0.249. The van der Waals surface area contributed by atoms with Crippen LogP contribution in [0.15, 0.2) is 59.4 Å². The third-order valence-corrected chi connectivity index (χ3v) is 6.79. The van der Waals surface area contributed by atoms with Crippen molar-refractivity contribution < 1.29 is 0 Å². The van der Waals surface area contributed by atoms with E-state index in [-0.39, 0.29) is 5.56 Å². The van der Waals surface area contributed by atoms with Gasteiger partial charge in [-0.3, -0.25) is 9.69 Å². The molecule has 5 nitrogen and oxygen atoms in total. The quantitative estimate of drug-likeness (QED) is 0.506. The van der Waals surface area contributed by atoms with Crippen LogP contribution >= 0.6 is 22.9 Å². The van der Waals surface area contributed by atoms with E-state index in [0.717, 1.165) is 41.1 Å². The van der Waals surface area contributed by atoms with E-state index in [2.05, 4.69) is 29.2 Å². The second-order valence-electron chi connectivity index (χ2n) is 7.22. The monoisotopic (exact) mass is 422 g/mol. The van der Waals surface area contributed by atoms with Crippen LogP contribution in [0.4, 0.5) is 0 Å².